The van der Waals surface area contributed by atoms with E-state index in [0.29, 0.717) is 0 Å². The zero-order chi connectivity index (χ0) is 41.3. The maximum absolute atomic E-state index is 13.9. The molecule has 1 saturated heterocycles. The van der Waals surface area contributed by atoms with Gasteiger partial charge >= 0.3 is 0 Å². The fourth-order valence-electron chi connectivity index (χ4n) is 7.01. The first-order chi connectivity index (χ1) is 28.0. The normalized spacial score (nSPS) is 14.4. The van der Waals surface area contributed by atoms with Crippen LogP contribution in [-0.4, -0.2) is 96.4 Å². The molecule has 1 aliphatic rings. The van der Waals surface area contributed by atoms with E-state index in [-0.39, 0.29) is 55.9 Å². The van der Waals surface area contributed by atoms with Crippen molar-refractivity contribution in [2.75, 3.05) is 37.6 Å². The number of amides is 5. The van der Waals surface area contributed by atoms with Crippen molar-refractivity contribution in [1.82, 2.24) is 26.2 Å². The number of likely N-dealkylation sites (tertiary alicyclic amines) is 1. The molecule has 7 N–H and O–H groups in total. The minimum Gasteiger partial charge on any atom is -0.508 e. The average molecular weight is 826 g/mol. The minimum atomic E-state index is -0.991. The molecule has 0 radical (unpaired) electrons. The predicted molar refractivity (Wildman–Crippen MR) is 231 cm³/mol. The number of anilines is 1. The van der Waals surface area contributed by atoms with Gasteiger partial charge in [-0.1, -0.05) is 91.0 Å². The number of halogens is 1. The van der Waals surface area contributed by atoms with Crippen LogP contribution in [0.15, 0.2) is 115 Å². The van der Waals surface area contributed by atoms with Gasteiger partial charge in [0.25, 0.3) is 0 Å². The van der Waals surface area contributed by atoms with Crippen molar-refractivity contribution in [3.63, 3.8) is 0 Å². The van der Waals surface area contributed by atoms with Gasteiger partial charge in [0.15, 0.2) is 0 Å². The van der Waals surface area contributed by atoms with Crippen molar-refractivity contribution in [3.8, 4) is 5.75 Å². The summed E-state index contributed by atoms with van der Waals surface area (Å²) in [6.45, 7) is 3.84. The summed E-state index contributed by atoms with van der Waals surface area (Å²) in [6.07, 6.45) is 3.10. The Morgan fingerprint density at radius 3 is 1.93 bits per heavy atom. The van der Waals surface area contributed by atoms with E-state index in [4.69, 9.17) is 5.73 Å². The summed E-state index contributed by atoms with van der Waals surface area (Å²) >= 11 is 0. The molecule has 59 heavy (non-hydrogen) atoms. The summed E-state index contributed by atoms with van der Waals surface area (Å²) in [5, 5.41) is 20.1. The van der Waals surface area contributed by atoms with Crippen molar-refractivity contribution in [2.45, 2.75) is 69.6 Å². The Labute approximate surface area is 352 Å². The molecule has 5 amide bonds. The summed E-state index contributed by atoms with van der Waals surface area (Å²) < 4.78 is 0. The molecule has 0 aliphatic carbocycles. The van der Waals surface area contributed by atoms with Crippen LogP contribution in [0.3, 0.4) is 0 Å². The number of aromatic hydroxyl groups is 1. The van der Waals surface area contributed by atoms with E-state index in [2.05, 4.69) is 50.4 Å². The second kappa shape index (κ2) is 23.6. The van der Waals surface area contributed by atoms with E-state index in [1.54, 1.807) is 12.1 Å². The van der Waals surface area contributed by atoms with Gasteiger partial charge in [0.05, 0.1) is 12.6 Å². The topological polar surface area (TPSA) is 186 Å². The molecule has 13 nitrogen and oxygen atoms in total. The molecule has 314 valence electrons. The van der Waals surface area contributed by atoms with Crippen molar-refractivity contribution >= 4 is 47.6 Å². The third-order valence-electron chi connectivity index (χ3n) is 10.3. The maximum atomic E-state index is 13.9. The lowest BCUT2D eigenvalue weighted by atomic mass is 10.0. The minimum absolute atomic E-state index is 0. The van der Waals surface area contributed by atoms with E-state index in [9.17, 15) is 29.1 Å². The molecule has 1 fully saturated rings. The van der Waals surface area contributed by atoms with Gasteiger partial charge in [-0.3, -0.25) is 24.0 Å². The SMILES string of the molecule is C[C@@H](NC(=O)[C@@H](N)Cc1ccc(O)cc1)C(=O)NCC(=O)N[C@@H](Cc1ccccc1)C(=O)NCCC(=O)N(c1ccccc1)C1CCN(CCc2ccccc2)CC1.Cl. The first kappa shape index (κ1) is 45.9. The van der Waals surface area contributed by atoms with E-state index in [0.717, 1.165) is 55.7 Å². The lowest BCUT2D eigenvalue weighted by molar-refractivity contribution is -0.131. The van der Waals surface area contributed by atoms with Crippen LogP contribution in [0.1, 0.15) is 42.9 Å². The monoisotopic (exact) mass is 825 g/mol. The Kier molecular flexibility index (Phi) is 18.4. The highest BCUT2D eigenvalue weighted by Crippen LogP contribution is 2.25. The van der Waals surface area contributed by atoms with Crippen LogP contribution in [0.25, 0.3) is 0 Å². The third-order valence-corrected chi connectivity index (χ3v) is 10.3. The van der Waals surface area contributed by atoms with Crippen molar-refractivity contribution in [1.29, 1.82) is 0 Å². The van der Waals surface area contributed by atoms with Crippen LogP contribution >= 0.6 is 12.4 Å². The highest BCUT2D eigenvalue weighted by atomic mass is 35.5. The molecular weight excluding hydrogens is 770 g/mol. The number of nitrogens with zero attached hydrogens (tertiary/aromatic N) is 2. The Balaban J connectivity index is 0.00000769. The number of carbonyl (C=O) groups is 5. The smallest absolute Gasteiger partial charge is 0.242 e. The zero-order valence-corrected chi connectivity index (χ0v) is 34.2. The van der Waals surface area contributed by atoms with E-state index in [1.807, 2.05) is 71.6 Å². The molecule has 1 heterocycles. The number of phenols is 1. The Morgan fingerprint density at radius 2 is 1.31 bits per heavy atom. The van der Waals surface area contributed by atoms with Crippen LogP contribution in [-0.2, 0) is 43.2 Å². The first-order valence-electron chi connectivity index (χ1n) is 19.9. The molecule has 3 atom stereocenters. The van der Waals surface area contributed by atoms with Crippen LogP contribution in [0.2, 0.25) is 0 Å². The Hall–Kier alpha value is -5.76. The quantitative estimate of drug-likeness (QED) is 0.0832. The second-order valence-corrected chi connectivity index (χ2v) is 14.7. The largest absolute Gasteiger partial charge is 0.508 e. The van der Waals surface area contributed by atoms with Crippen molar-refractivity contribution in [2.24, 2.45) is 5.73 Å². The molecule has 0 unspecified atom stereocenters. The number of nitrogens with two attached hydrogens (primary N) is 1. The van der Waals surface area contributed by atoms with Crippen molar-refractivity contribution in [3.05, 3.63) is 132 Å². The van der Waals surface area contributed by atoms with Gasteiger partial charge < -0.3 is 41.9 Å². The maximum Gasteiger partial charge on any atom is 0.242 e. The number of hydrogen-bond acceptors (Lipinski definition) is 8. The van der Waals surface area contributed by atoms with Crippen LogP contribution in [0.5, 0.6) is 5.75 Å². The summed E-state index contributed by atoms with van der Waals surface area (Å²) in [5.74, 6) is -2.22. The molecule has 1 aliphatic heterocycles. The number of piperidine rings is 1. The Bertz CT molecular complexity index is 1930. The molecule has 0 spiro atoms. The number of hydrogen-bond donors (Lipinski definition) is 6. The highest BCUT2D eigenvalue weighted by Gasteiger charge is 2.30. The van der Waals surface area contributed by atoms with E-state index < -0.39 is 48.3 Å². The van der Waals surface area contributed by atoms with Gasteiger partial charge in [-0.15, -0.1) is 12.4 Å². The molecule has 0 aromatic heterocycles. The van der Waals surface area contributed by atoms with Gasteiger partial charge in [0, 0.05) is 50.7 Å². The van der Waals surface area contributed by atoms with Crippen LogP contribution < -0.4 is 31.9 Å². The van der Waals surface area contributed by atoms with Gasteiger partial charge in [0.2, 0.25) is 29.5 Å². The first-order valence-corrected chi connectivity index (χ1v) is 19.9. The average Bonchev–Trinajstić information content (AvgIpc) is 3.24. The zero-order valence-electron chi connectivity index (χ0n) is 33.4. The Morgan fingerprint density at radius 1 is 0.729 bits per heavy atom. The molecule has 4 aromatic carbocycles. The lowest BCUT2D eigenvalue weighted by Crippen LogP contribution is -2.54. The van der Waals surface area contributed by atoms with Gasteiger partial charge in [-0.05, 0) is 73.6 Å². The fraction of sp³-hybridized carbons (Fsp3) is 0.356. The number of para-hydroxylation sites is 1. The summed E-state index contributed by atoms with van der Waals surface area (Å²) in [4.78, 5) is 70.3. The summed E-state index contributed by atoms with van der Waals surface area (Å²) in [6, 6.07) is 32.7. The molecule has 0 bridgehead atoms. The number of phenolic OH excluding ortho intramolecular Hbond substituents is 1. The third kappa shape index (κ3) is 14.8. The van der Waals surface area contributed by atoms with Gasteiger partial charge in [-0.2, -0.15) is 0 Å². The summed E-state index contributed by atoms with van der Waals surface area (Å²) in [7, 11) is 0. The molecule has 5 rings (SSSR count). The molecule has 0 saturated carbocycles. The number of rotatable bonds is 19. The number of carbonyl (C=O) groups excluding carboxylic acids is 5. The van der Waals surface area contributed by atoms with Gasteiger partial charge in [0.1, 0.15) is 17.8 Å². The fourth-order valence-corrected chi connectivity index (χ4v) is 7.01. The summed E-state index contributed by atoms with van der Waals surface area (Å²) in [5.41, 5.74) is 9.72. The standard InChI is InChI=1S/C45H55N7O6.ClH/c1-32(49-44(57)39(46)29-35-17-19-38(53)20-18-35)43(56)48-31-41(54)50-40(30-34-13-7-3-8-14-34)45(58)47-25-21-42(55)52(36-15-9-4-10-16-36)37-23-27-51(28-24-37)26-22-33-11-5-2-6-12-33;/h2-20,32,37,39-40,53H,21-31,46H2,1H3,(H,47,58)(H,48,56)(H,49,57)(H,50,54);1H/t32-,39+,40+;/m1./s1. The van der Waals surface area contributed by atoms with E-state index in [1.165, 1.54) is 24.6 Å². The highest BCUT2D eigenvalue weighted by molar-refractivity contribution is 5.95. The lowest BCUT2D eigenvalue weighted by Gasteiger charge is -2.38. The van der Waals surface area contributed by atoms with Crippen LogP contribution in [0.4, 0.5) is 5.69 Å². The van der Waals surface area contributed by atoms with Crippen LogP contribution in [0, 0.1) is 0 Å². The van der Waals surface area contributed by atoms with Crippen molar-refractivity contribution < 1.29 is 29.1 Å². The molecule has 14 heteroatoms. The van der Waals surface area contributed by atoms with Gasteiger partial charge in [-0.25, -0.2) is 0 Å². The predicted octanol–water partition coefficient (Wildman–Crippen LogP) is 3.28. The number of nitrogens with one attached hydrogen (secondary N) is 4. The molecular formula is C45H56ClN7O6. The molecule has 4 aromatic rings. The second-order valence-electron chi connectivity index (χ2n) is 14.7. The number of benzene rings is 4. The van der Waals surface area contributed by atoms with E-state index >= 15 is 0 Å².